The van der Waals surface area contributed by atoms with Crippen LogP contribution in [-0.4, -0.2) is 83.0 Å². The molecule has 11 heteroatoms. The highest BCUT2D eigenvalue weighted by Gasteiger charge is 2.52. The van der Waals surface area contributed by atoms with Crippen molar-refractivity contribution in [2.45, 2.75) is 104 Å². The van der Waals surface area contributed by atoms with Crippen LogP contribution in [0.25, 0.3) is 0 Å². The molecule has 3 heterocycles. The highest BCUT2D eigenvalue weighted by Crippen LogP contribution is 2.36. The van der Waals surface area contributed by atoms with Crippen LogP contribution in [0, 0.1) is 5.92 Å². The lowest BCUT2D eigenvalue weighted by atomic mass is 9.81. The molecule has 1 N–H and O–H groups in total. The maximum absolute atomic E-state index is 13.3. The van der Waals surface area contributed by atoms with Crippen LogP contribution in [0.2, 0.25) is 0 Å². The molecule has 0 aromatic carbocycles. The molecule has 0 spiro atoms. The van der Waals surface area contributed by atoms with Crippen LogP contribution < -0.4 is 15.7 Å². The van der Waals surface area contributed by atoms with Gasteiger partial charge in [0.2, 0.25) is 11.9 Å². The van der Waals surface area contributed by atoms with E-state index >= 15 is 0 Å². The molecule has 2 saturated heterocycles. The average Bonchev–Trinajstić information content (AvgIpc) is 3.02. The Bertz CT molecular complexity index is 939. The van der Waals surface area contributed by atoms with Crippen LogP contribution in [0.15, 0.2) is 12.4 Å². The highest BCUT2D eigenvalue weighted by molar-refractivity contribution is 6.61. The number of hydrogen-bond donors (Lipinski definition) is 1. The first-order valence-electron chi connectivity index (χ1n) is 13.2. The van der Waals surface area contributed by atoms with Gasteiger partial charge >= 0.3 is 13.2 Å². The SMILES string of the molecule is CC(C)[C@H](NC(=O)OC(C)(C)C)C(=O)N(C)C1CCN(c2ncc(B3OC(C)(C)C(C)(C)O3)cn2)CC1. The van der Waals surface area contributed by atoms with Crippen molar-refractivity contribution in [3.8, 4) is 0 Å². The van der Waals surface area contributed by atoms with Gasteiger partial charge in [0.1, 0.15) is 11.6 Å². The van der Waals surface area contributed by atoms with Crippen LogP contribution in [0.5, 0.6) is 0 Å². The zero-order valence-electron chi connectivity index (χ0n) is 24.1. The molecule has 0 aliphatic carbocycles. The molecule has 206 valence electrons. The van der Waals surface area contributed by atoms with Crippen LogP contribution >= 0.6 is 0 Å². The number of aromatic nitrogens is 2. The first-order chi connectivity index (χ1) is 17.0. The number of likely N-dealkylation sites (N-methyl/N-ethyl adjacent to an activating group) is 1. The summed E-state index contributed by atoms with van der Waals surface area (Å²) in [4.78, 5) is 38.6. The molecule has 1 aromatic heterocycles. The summed E-state index contributed by atoms with van der Waals surface area (Å²) in [5.41, 5.74) is -0.671. The molecule has 37 heavy (non-hydrogen) atoms. The van der Waals surface area contributed by atoms with Gasteiger partial charge in [-0.15, -0.1) is 0 Å². The maximum atomic E-state index is 13.3. The Hall–Kier alpha value is -2.40. The van der Waals surface area contributed by atoms with Gasteiger partial charge in [0.15, 0.2) is 0 Å². The summed E-state index contributed by atoms with van der Waals surface area (Å²) in [5.74, 6) is 0.472. The first kappa shape index (κ1) is 29.2. The van der Waals surface area contributed by atoms with Crippen LogP contribution in [0.1, 0.15) is 75.2 Å². The summed E-state index contributed by atoms with van der Waals surface area (Å²) in [6, 6.07) is -0.585. The number of carbonyl (C=O) groups excluding carboxylic acids is 2. The third-order valence-electron chi connectivity index (χ3n) is 7.43. The van der Waals surface area contributed by atoms with E-state index in [1.165, 1.54) is 0 Å². The minimum atomic E-state index is -0.649. The quantitative estimate of drug-likeness (QED) is 0.575. The van der Waals surface area contributed by atoms with E-state index in [2.05, 4.69) is 20.2 Å². The Balaban J connectivity index is 1.56. The summed E-state index contributed by atoms with van der Waals surface area (Å²) >= 11 is 0. The number of rotatable bonds is 6. The van der Waals surface area contributed by atoms with Gasteiger partial charge in [0.05, 0.1) is 11.2 Å². The summed E-state index contributed by atoms with van der Waals surface area (Å²) in [6.07, 6.45) is 4.51. The summed E-state index contributed by atoms with van der Waals surface area (Å²) < 4.78 is 17.6. The largest absolute Gasteiger partial charge is 0.498 e. The number of carbonyl (C=O) groups is 2. The second-order valence-electron chi connectivity index (χ2n) is 12.4. The molecule has 10 nitrogen and oxygen atoms in total. The number of piperidine rings is 1. The Labute approximate surface area is 222 Å². The average molecular weight is 517 g/mol. The Morgan fingerprint density at radius 1 is 1.11 bits per heavy atom. The van der Waals surface area contributed by atoms with Crippen molar-refractivity contribution in [1.82, 2.24) is 20.2 Å². The number of alkyl carbamates (subject to hydrolysis) is 1. The van der Waals surface area contributed by atoms with Crippen molar-refractivity contribution in [1.29, 1.82) is 0 Å². The minimum absolute atomic E-state index is 0.0643. The van der Waals surface area contributed by atoms with Gasteiger partial charge in [0, 0.05) is 44.0 Å². The lowest BCUT2D eigenvalue weighted by molar-refractivity contribution is -0.135. The van der Waals surface area contributed by atoms with E-state index < -0.39 is 36.1 Å². The Morgan fingerprint density at radius 2 is 1.62 bits per heavy atom. The lowest BCUT2D eigenvalue weighted by Crippen LogP contribution is -2.55. The van der Waals surface area contributed by atoms with Gasteiger partial charge in [-0.05, 0) is 67.2 Å². The zero-order valence-corrected chi connectivity index (χ0v) is 24.1. The lowest BCUT2D eigenvalue weighted by Gasteiger charge is -2.38. The minimum Gasteiger partial charge on any atom is -0.444 e. The number of nitrogens with zero attached hydrogens (tertiary/aromatic N) is 4. The number of amides is 2. The Morgan fingerprint density at radius 3 is 2.08 bits per heavy atom. The van der Waals surface area contributed by atoms with E-state index in [1.807, 2.05) is 48.6 Å². The van der Waals surface area contributed by atoms with Crippen LogP contribution in [0.3, 0.4) is 0 Å². The molecule has 1 aromatic rings. The smallest absolute Gasteiger partial charge is 0.444 e. The fourth-order valence-corrected chi connectivity index (χ4v) is 4.40. The Kier molecular flexibility index (Phi) is 8.49. The second-order valence-corrected chi connectivity index (χ2v) is 12.4. The molecule has 0 saturated carbocycles. The molecule has 0 bridgehead atoms. The zero-order chi connectivity index (χ0) is 27.8. The van der Waals surface area contributed by atoms with Gasteiger partial charge in [-0.25, -0.2) is 14.8 Å². The molecule has 2 aliphatic rings. The fraction of sp³-hybridized carbons (Fsp3) is 0.769. The monoisotopic (exact) mass is 517 g/mol. The van der Waals surface area contributed by atoms with Crippen LogP contribution in [-0.2, 0) is 18.8 Å². The number of anilines is 1. The first-order valence-corrected chi connectivity index (χ1v) is 13.2. The molecule has 2 amide bonds. The molecular weight excluding hydrogens is 473 g/mol. The van der Waals surface area contributed by atoms with Crippen molar-refractivity contribution >= 4 is 30.5 Å². The molecule has 3 rings (SSSR count). The van der Waals surface area contributed by atoms with E-state index in [4.69, 9.17) is 14.0 Å². The summed E-state index contributed by atoms with van der Waals surface area (Å²) in [7, 11) is 1.32. The molecule has 0 radical (unpaired) electrons. The van der Waals surface area contributed by atoms with Gasteiger partial charge < -0.3 is 29.2 Å². The normalized spacial score (nSPS) is 20.6. The van der Waals surface area contributed by atoms with Crippen molar-refractivity contribution < 1.29 is 23.6 Å². The van der Waals surface area contributed by atoms with E-state index in [0.29, 0.717) is 5.95 Å². The predicted octanol–water partition coefficient (Wildman–Crippen LogP) is 2.75. The number of ether oxygens (including phenoxy) is 1. The molecule has 2 aliphatic heterocycles. The third-order valence-corrected chi connectivity index (χ3v) is 7.43. The highest BCUT2D eigenvalue weighted by atomic mass is 16.7. The van der Waals surface area contributed by atoms with Gasteiger partial charge in [-0.2, -0.15) is 0 Å². The standard InChI is InChI=1S/C26H44BN5O5/c1-17(2)20(30-23(34)35-24(3,4)5)21(33)31(10)19-11-13-32(14-12-19)22-28-15-18(16-29-22)27-36-25(6,7)26(8,9)37-27/h15-17,19-20H,11-14H2,1-10H3,(H,30,34)/t20-/m0/s1. The van der Waals surface area contributed by atoms with Crippen molar-refractivity contribution in [3.05, 3.63) is 12.4 Å². The second kappa shape index (κ2) is 10.8. The number of hydrogen-bond acceptors (Lipinski definition) is 8. The fourth-order valence-electron chi connectivity index (χ4n) is 4.40. The van der Waals surface area contributed by atoms with Crippen LogP contribution in [0.4, 0.5) is 10.7 Å². The number of nitrogens with one attached hydrogen (secondary N) is 1. The van der Waals surface area contributed by atoms with E-state index in [0.717, 1.165) is 31.4 Å². The van der Waals surface area contributed by atoms with Gasteiger partial charge in [0.25, 0.3) is 0 Å². The molecular formula is C26H44BN5O5. The summed E-state index contributed by atoms with van der Waals surface area (Å²) in [6.45, 7) is 18.8. The van der Waals surface area contributed by atoms with Crippen molar-refractivity contribution in [2.24, 2.45) is 5.92 Å². The van der Waals surface area contributed by atoms with E-state index in [1.54, 1.807) is 38.1 Å². The topological polar surface area (TPSA) is 106 Å². The molecule has 2 fully saturated rings. The third kappa shape index (κ3) is 6.93. The maximum Gasteiger partial charge on any atom is 0.498 e. The van der Waals surface area contributed by atoms with E-state index in [-0.39, 0.29) is 17.9 Å². The molecule has 1 atom stereocenters. The van der Waals surface area contributed by atoms with Crippen molar-refractivity contribution in [2.75, 3.05) is 25.0 Å². The predicted molar refractivity (Wildman–Crippen MR) is 144 cm³/mol. The van der Waals surface area contributed by atoms with Crippen molar-refractivity contribution in [3.63, 3.8) is 0 Å². The molecule has 0 unspecified atom stereocenters. The summed E-state index contributed by atoms with van der Waals surface area (Å²) in [5, 5.41) is 2.76. The van der Waals surface area contributed by atoms with Gasteiger partial charge in [-0.1, -0.05) is 13.8 Å². The van der Waals surface area contributed by atoms with E-state index in [9.17, 15) is 9.59 Å². The van der Waals surface area contributed by atoms with Gasteiger partial charge in [-0.3, -0.25) is 4.79 Å².